The average Bonchev–Trinajstić information content (AvgIpc) is 3.37. The zero-order valence-electron chi connectivity index (χ0n) is 19.2. The summed E-state index contributed by atoms with van der Waals surface area (Å²) in [5.74, 6) is -0.542. The summed E-state index contributed by atoms with van der Waals surface area (Å²) in [6.07, 6.45) is 1.45. The number of rotatable bonds is 11. The van der Waals surface area contributed by atoms with Gasteiger partial charge in [-0.3, -0.25) is 9.36 Å². The van der Waals surface area contributed by atoms with Gasteiger partial charge in [-0.25, -0.2) is 13.1 Å². The number of nitriles is 1. The van der Waals surface area contributed by atoms with Crippen LogP contribution in [-0.2, 0) is 26.0 Å². The molecule has 1 aromatic heterocycles. The minimum absolute atomic E-state index is 0.00397. The first-order valence-corrected chi connectivity index (χ1v) is 12.5. The summed E-state index contributed by atoms with van der Waals surface area (Å²) in [6.45, 7) is 1.90. The molecule has 1 saturated heterocycles. The van der Waals surface area contributed by atoms with Gasteiger partial charge in [-0.05, 0) is 31.9 Å². The van der Waals surface area contributed by atoms with Crippen LogP contribution in [0, 0.1) is 18.3 Å². The van der Waals surface area contributed by atoms with Crippen LogP contribution in [0.15, 0.2) is 44.2 Å². The molecular weight excluding hydrogens is 478 g/mol. The molecule has 2 aromatic rings. The number of nitrogens with one attached hydrogen (secondary N) is 1. The number of sulfonamides is 1. The van der Waals surface area contributed by atoms with Crippen LogP contribution < -0.4 is 10.3 Å². The smallest absolute Gasteiger partial charge is 0.271 e. The first kappa shape index (κ1) is 26.5. The molecule has 3 rings (SSSR count). The fourth-order valence-electron chi connectivity index (χ4n) is 3.54. The van der Waals surface area contributed by atoms with Gasteiger partial charge < -0.3 is 19.7 Å². The van der Waals surface area contributed by atoms with Crippen molar-refractivity contribution in [1.29, 1.82) is 5.26 Å². The van der Waals surface area contributed by atoms with Gasteiger partial charge in [0, 0.05) is 18.7 Å². The third kappa shape index (κ3) is 6.30. The van der Waals surface area contributed by atoms with Crippen LogP contribution in [0.1, 0.15) is 24.0 Å². The average molecular weight is 506 g/mol. The van der Waals surface area contributed by atoms with Crippen LogP contribution in [0.2, 0.25) is 0 Å². The first-order chi connectivity index (χ1) is 16.8. The number of hydrogen-bond donors (Lipinski definition) is 3. The molecule has 2 heterocycles. The summed E-state index contributed by atoms with van der Waals surface area (Å²) in [5.41, 5.74) is -1.01. The number of azo groups is 1. The molecular formula is C22H27N5O7S. The lowest BCUT2D eigenvalue weighted by Crippen LogP contribution is -2.31. The Bertz CT molecular complexity index is 1280. The molecule has 1 aliphatic rings. The Morgan fingerprint density at radius 3 is 2.77 bits per heavy atom. The predicted molar refractivity (Wildman–Crippen MR) is 125 cm³/mol. The van der Waals surface area contributed by atoms with E-state index >= 15 is 0 Å². The lowest BCUT2D eigenvalue weighted by Gasteiger charge is -2.14. The van der Waals surface area contributed by atoms with Crippen molar-refractivity contribution in [2.24, 2.45) is 10.2 Å². The molecule has 0 bridgehead atoms. The fourth-order valence-corrected chi connectivity index (χ4v) is 4.75. The van der Waals surface area contributed by atoms with Crippen molar-refractivity contribution >= 4 is 21.4 Å². The molecule has 0 spiro atoms. The van der Waals surface area contributed by atoms with E-state index in [0.29, 0.717) is 6.61 Å². The van der Waals surface area contributed by atoms with Crippen LogP contribution in [-0.4, -0.2) is 62.3 Å². The quantitative estimate of drug-likeness (QED) is 0.305. The molecule has 1 atom stereocenters. The van der Waals surface area contributed by atoms with Crippen molar-refractivity contribution in [3.05, 3.63) is 45.7 Å². The summed E-state index contributed by atoms with van der Waals surface area (Å²) in [7, 11) is -3.94. The largest absolute Gasteiger partial charge is 0.493 e. The van der Waals surface area contributed by atoms with Gasteiger partial charge in [0.15, 0.2) is 5.69 Å². The highest BCUT2D eigenvalue weighted by molar-refractivity contribution is 7.89. The monoisotopic (exact) mass is 505 g/mol. The van der Waals surface area contributed by atoms with Crippen LogP contribution in [0.5, 0.6) is 5.88 Å². The van der Waals surface area contributed by atoms with Crippen LogP contribution in [0.3, 0.4) is 0 Å². The van der Waals surface area contributed by atoms with E-state index in [4.69, 9.17) is 14.6 Å². The van der Waals surface area contributed by atoms with Crippen molar-refractivity contribution in [3.8, 4) is 11.9 Å². The van der Waals surface area contributed by atoms with Crippen molar-refractivity contribution < 1.29 is 28.1 Å². The highest BCUT2D eigenvalue weighted by Crippen LogP contribution is 2.33. The van der Waals surface area contributed by atoms with Gasteiger partial charge in [0.1, 0.15) is 22.2 Å². The fraction of sp³-hybridized carbons (Fsp3) is 0.455. The van der Waals surface area contributed by atoms with Gasteiger partial charge in [0.25, 0.3) is 5.56 Å². The van der Waals surface area contributed by atoms with Gasteiger partial charge in [-0.1, -0.05) is 12.1 Å². The van der Waals surface area contributed by atoms with Crippen molar-refractivity contribution in [3.63, 3.8) is 0 Å². The predicted octanol–water partition coefficient (Wildman–Crippen LogP) is 1.62. The Morgan fingerprint density at radius 2 is 2.09 bits per heavy atom. The Hall–Kier alpha value is -3.15. The van der Waals surface area contributed by atoms with Gasteiger partial charge in [-0.15, -0.1) is 10.2 Å². The van der Waals surface area contributed by atoms with Crippen molar-refractivity contribution in [2.75, 3.05) is 33.0 Å². The van der Waals surface area contributed by atoms with Gasteiger partial charge in [0.2, 0.25) is 15.9 Å². The SMILES string of the molecule is Cc1c(/N=N/c2ccccc2S(=O)(=O)NCC2CCCO2)c(O)n(CCOCCO)c(=O)c1C#N. The van der Waals surface area contributed by atoms with E-state index in [1.165, 1.54) is 19.1 Å². The molecule has 1 aliphatic heterocycles. The molecule has 1 unspecified atom stereocenters. The van der Waals surface area contributed by atoms with E-state index in [9.17, 15) is 23.6 Å². The zero-order valence-corrected chi connectivity index (χ0v) is 20.0. The highest BCUT2D eigenvalue weighted by Gasteiger charge is 2.23. The molecule has 3 N–H and O–H groups in total. The van der Waals surface area contributed by atoms with E-state index in [0.717, 1.165) is 17.4 Å². The molecule has 0 aliphatic carbocycles. The van der Waals surface area contributed by atoms with E-state index in [2.05, 4.69) is 15.0 Å². The third-order valence-corrected chi connectivity index (χ3v) is 6.87. The van der Waals surface area contributed by atoms with Crippen LogP contribution >= 0.6 is 0 Å². The third-order valence-electron chi connectivity index (χ3n) is 5.40. The Balaban J connectivity index is 1.93. The minimum atomic E-state index is -3.94. The summed E-state index contributed by atoms with van der Waals surface area (Å²) in [4.78, 5) is 12.5. The minimum Gasteiger partial charge on any atom is -0.493 e. The van der Waals surface area contributed by atoms with Gasteiger partial charge in [0.05, 0.1) is 32.5 Å². The van der Waals surface area contributed by atoms with E-state index in [1.807, 2.05) is 0 Å². The number of ether oxygens (including phenoxy) is 2. The topological polar surface area (TPSA) is 176 Å². The second-order valence-corrected chi connectivity index (χ2v) is 9.47. The van der Waals surface area contributed by atoms with E-state index in [-0.39, 0.29) is 66.4 Å². The molecule has 1 aromatic carbocycles. The summed E-state index contributed by atoms with van der Waals surface area (Å²) in [5, 5.41) is 37.0. The second-order valence-electron chi connectivity index (χ2n) is 7.73. The van der Waals surface area contributed by atoms with Gasteiger partial charge in [-0.2, -0.15) is 5.26 Å². The molecule has 1 fully saturated rings. The number of nitrogens with zero attached hydrogens (tertiary/aromatic N) is 4. The molecule has 0 saturated carbocycles. The molecule has 0 amide bonds. The number of pyridine rings is 1. The summed E-state index contributed by atoms with van der Waals surface area (Å²) < 4.78 is 39.8. The van der Waals surface area contributed by atoms with Gasteiger partial charge >= 0.3 is 0 Å². The number of aliphatic hydroxyl groups excluding tert-OH is 1. The number of aliphatic hydroxyl groups is 1. The second kappa shape index (κ2) is 12.0. The number of aromatic hydroxyl groups is 1. The molecule has 0 radical (unpaired) electrons. The van der Waals surface area contributed by atoms with Crippen molar-refractivity contribution in [2.45, 2.75) is 37.3 Å². The maximum atomic E-state index is 12.9. The standard InChI is InChI=1S/C22H27N5O7S/c1-15-17(13-23)21(29)27(8-11-33-12-9-28)22(30)20(15)26-25-18-6-2-3-7-19(18)35(31,32)24-14-16-5-4-10-34-16/h2-3,6-7,16,24,28,30H,4-5,8-12,14H2,1H3/b26-25+. The maximum absolute atomic E-state index is 12.9. The Kier molecular flexibility index (Phi) is 9.07. The number of benzene rings is 1. The number of hydrogen-bond acceptors (Lipinski definition) is 10. The normalized spacial score (nSPS) is 16.1. The van der Waals surface area contributed by atoms with Crippen molar-refractivity contribution in [1.82, 2.24) is 9.29 Å². The molecule has 13 heteroatoms. The first-order valence-electron chi connectivity index (χ1n) is 11.0. The lowest BCUT2D eigenvalue weighted by molar-refractivity contribution is 0.0854. The maximum Gasteiger partial charge on any atom is 0.271 e. The lowest BCUT2D eigenvalue weighted by atomic mass is 10.1. The Labute approximate surface area is 202 Å². The highest BCUT2D eigenvalue weighted by atomic mass is 32.2. The van der Waals surface area contributed by atoms with Crippen LogP contribution in [0.4, 0.5) is 11.4 Å². The Morgan fingerprint density at radius 1 is 1.31 bits per heavy atom. The number of aromatic nitrogens is 1. The molecule has 12 nitrogen and oxygen atoms in total. The van der Waals surface area contributed by atoms with E-state index in [1.54, 1.807) is 18.2 Å². The van der Waals surface area contributed by atoms with E-state index < -0.39 is 21.5 Å². The zero-order chi connectivity index (χ0) is 25.4. The molecule has 188 valence electrons. The molecule has 35 heavy (non-hydrogen) atoms. The summed E-state index contributed by atoms with van der Waals surface area (Å²) >= 11 is 0. The van der Waals surface area contributed by atoms with Crippen LogP contribution in [0.25, 0.3) is 0 Å². The summed E-state index contributed by atoms with van der Waals surface area (Å²) in [6, 6.07) is 7.75.